The van der Waals surface area contributed by atoms with Gasteiger partial charge in [-0.3, -0.25) is 0 Å². The van der Waals surface area contributed by atoms with Gasteiger partial charge in [-0.2, -0.15) is 0 Å². The van der Waals surface area contributed by atoms with E-state index in [4.69, 9.17) is 9.47 Å². The summed E-state index contributed by atoms with van der Waals surface area (Å²) in [7, 11) is 3.29. The van der Waals surface area contributed by atoms with Crippen LogP contribution < -0.4 is 9.47 Å². The standard InChI is InChI=1S/C17H19BrO3/c1-20-15-6-3-12(4-7-15)14(11-19)9-13-5-8-16(21-2)10-17(13)18/h3-8,10,14,19H,9,11H2,1-2H3/t14-/m0/s1. The molecule has 2 aromatic rings. The molecular weight excluding hydrogens is 332 g/mol. The van der Waals surface area contributed by atoms with Crippen molar-refractivity contribution in [3.63, 3.8) is 0 Å². The molecule has 0 unspecified atom stereocenters. The Morgan fingerprint density at radius 3 is 2.14 bits per heavy atom. The normalized spacial score (nSPS) is 12.0. The summed E-state index contributed by atoms with van der Waals surface area (Å²) in [4.78, 5) is 0. The molecule has 0 saturated heterocycles. The van der Waals surface area contributed by atoms with Gasteiger partial charge in [0.2, 0.25) is 0 Å². The molecule has 0 aliphatic heterocycles. The molecule has 0 spiro atoms. The minimum atomic E-state index is 0.0561. The quantitative estimate of drug-likeness (QED) is 0.861. The van der Waals surface area contributed by atoms with E-state index >= 15 is 0 Å². The predicted octanol–water partition coefficient (Wildman–Crippen LogP) is 3.78. The van der Waals surface area contributed by atoms with Crippen LogP contribution in [0.15, 0.2) is 46.9 Å². The Kier molecular flexibility index (Phi) is 5.65. The van der Waals surface area contributed by atoms with E-state index in [1.54, 1.807) is 14.2 Å². The molecular formula is C17H19BrO3. The summed E-state index contributed by atoms with van der Waals surface area (Å²) >= 11 is 3.56. The van der Waals surface area contributed by atoms with Crippen LogP contribution in [0.2, 0.25) is 0 Å². The molecule has 0 aliphatic carbocycles. The van der Waals surface area contributed by atoms with Crippen molar-refractivity contribution in [2.75, 3.05) is 20.8 Å². The fourth-order valence-electron chi connectivity index (χ4n) is 2.25. The highest BCUT2D eigenvalue weighted by Gasteiger charge is 2.14. The summed E-state index contributed by atoms with van der Waals surface area (Å²) in [5.41, 5.74) is 2.24. The molecule has 21 heavy (non-hydrogen) atoms. The van der Waals surface area contributed by atoms with Gasteiger partial charge < -0.3 is 14.6 Å². The molecule has 4 heteroatoms. The zero-order valence-corrected chi connectivity index (χ0v) is 13.8. The minimum absolute atomic E-state index is 0.0561. The summed E-state index contributed by atoms with van der Waals surface area (Å²) < 4.78 is 11.4. The molecule has 0 amide bonds. The van der Waals surface area contributed by atoms with Gasteiger partial charge in [-0.25, -0.2) is 0 Å². The molecule has 2 rings (SSSR count). The van der Waals surface area contributed by atoms with Gasteiger partial charge >= 0.3 is 0 Å². The summed E-state index contributed by atoms with van der Waals surface area (Å²) in [6.45, 7) is 0.102. The van der Waals surface area contributed by atoms with Crippen molar-refractivity contribution in [3.05, 3.63) is 58.1 Å². The zero-order chi connectivity index (χ0) is 15.2. The highest BCUT2D eigenvalue weighted by molar-refractivity contribution is 9.10. The maximum absolute atomic E-state index is 9.69. The number of hydrogen-bond donors (Lipinski definition) is 1. The lowest BCUT2D eigenvalue weighted by atomic mass is 9.92. The van der Waals surface area contributed by atoms with E-state index in [2.05, 4.69) is 15.9 Å². The first-order valence-corrected chi connectivity index (χ1v) is 7.54. The number of ether oxygens (including phenoxy) is 2. The third kappa shape index (κ3) is 3.99. The van der Waals surface area contributed by atoms with Crippen molar-refractivity contribution >= 4 is 15.9 Å². The maximum atomic E-state index is 9.69. The lowest BCUT2D eigenvalue weighted by Crippen LogP contribution is -2.08. The highest BCUT2D eigenvalue weighted by Crippen LogP contribution is 2.29. The fourth-order valence-corrected chi connectivity index (χ4v) is 2.77. The average molecular weight is 351 g/mol. The van der Waals surface area contributed by atoms with Crippen LogP contribution in [0, 0.1) is 0 Å². The molecule has 112 valence electrons. The van der Waals surface area contributed by atoms with Crippen LogP contribution in [0.25, 0.3) is 0 Å². The number of rotatable bonds is 6. The van der Waals surface area contributed by atoms with Crippen LogP contribution in [0.1, 0.15) is 17.0 Å². The van der Waals surface area contributed by atoms with Crippen LogP contribution in [-0.2, 0) is 6.42 Å². The molecule has 3 nitrogen and oxygen atoms in total. The minimum Gasteiger partial charge on any atom is -0.497 e. The maximum Gasteiger partial charge on any atom is 0.120 e. The number of aliphatic hydroxyl groups excluding tert-OH is 1. The molecule has 0 fully saturated rings. The van der Waals surface area contributed by atoms with Gasteiger partial charge in [0.15, 0.2) is 0 Å². The van der Waals surface area contributed by atoms with Crippen LogP contribution >= 0.6 is 15.9 Å². The number of benzene rings is 2. The van der Waals surface area contributed by atoms with Crippen molar-refractivity contribution in [2.45, 2.75) is 12.3 Å². The first-order chi connectivity index (χ1) is 10.2. The Morgan fingerprint density at radius 1 is 1.00 bits per heavy atom. The van der Waals surface area contributed by atoms with Crippen LogP contribution in [-0.4, -0.2) is 25.9 Å². The molecule has 0 radical (unpaired) electrons. The second-order valence-corrected chi connectivity index (χ2v) is 5.67. The largest absolute Gasteiger partial charge is 0.497 e. The van der Waals surface area contributed by atoms with Gasteiger partial charge in [0.25, 0.3) is 0 Å². The van der Waals surface area contributed by atoms with E-state index in [0.29, 0.717) is 0 Å². The van der Waals surface area contributed by atoms with Crippen LogP contribution in [0.4, 0.5) is 0 Å². The van der Waals surface area contributed by atoms with Gasteiger partial charge in [-0.05, 0) is 41.8 Å². The SMILES string of the molecule is COc1ccc([C@H](CO)Cc2ccc(OC)cc2Br)cc1. The molecule has 1 N–H and O–H groups in total. The third-order valence-corrected chi connectivity index (χ3v) is 4.27. The summed E-state index contributed by atoms with van der Waals surface area (Å²) in [5, 5.41) is 9.69. The van der Waals surface area contributed by atoms with Crippen LogP contribution in [0.5, 0.6) is 11.5 Å². The topological polar surface area (TPSA) is 38.7 Å². The van der Waals surface area contributed by atoms with Gasteiger partial charge in [-0.1, -0.05) is 34.1 Å². The Morgan fingerprint density at radius 2 is 1.62 bits per heavy atom. The van der Waals surface area contributed by atoms with Gasteiger partial charge in [0.05, 0.1) is 20.8 Å². The first kappa shape index (κ1) is 15.9. The Hall–Kier alpha value is -1.52. The lowest BCUT2D eigenvalue weighted by Gasteiger charge is -2.16. The highest BCUT2D eigenvalue weighted by atomic mass is 79.9. The van der Waals surface area contributed by atoms with E-state index in [0.717, 1.165) is 33.5 Å². The average Bonchev–Trinajstić information content (AvgIpc) is 2.54. The van der Waals surface area contributed by atoms with Gasteiger partial charge in [-0.15, -0.1) is 0 Å². The first-order valence-electron chi connectivity index (χ1n) is 6.75. The van der Waals surface area contributed by atoms with Crippen molar-refractivity contribution in [3.8, 4) is 11.5 Å². The molecule has 0 bridgehead atoms. The van der Waals surface area contributed by atoms with Crippen molar-refractivity contribution in [1.82, 2.24) is 0 Å². The molecule has 0 heterocycles. The second kappa shape index (κ2) is 7.48. The third-order valence-electron chi connectivity index (χ3n) is 3.53. The molecule has 0 aromatic heterocycles. The van der Waals surface area contributed by atoms with E-state index in [1.165, 1.54) is 0 Å². The Bertz CT molecular complexity index is 581. The molecule has 0 saturated carbocycles. The number of hydrogen-bond acceptors (Lipinski definition) is 3. The summed E-state index contributed by atoms with van der Waals surface area (Å²) in [6.07, 6.45) is 0.757. The summed E-state index contributed by atoms with van der Waals surface area (Å²) in [6, 6.07) is 13.7. The summed E-state index contributed by atoms with van der Waals surface area (Å²) in [5.74, 6) is 1.69. The number of aliphatic hydroxyl groups is 1. The molecule has 0 aliphatic rings. The van der Waals surface area contributed by atoms with E-state index < -0.39 is 0 Å². The van der Waals surface area contributed by atoms with Crippen molar-refractivity contribution in [1.29, 1.82) is 0 Å². The number of methoxy groups -OCH3 is 2. The van der Waals surface area contributed by atoms with E-state index in [9.17, 15) is 5.11 Å². The second-order valence-electron chi connectivity index (χ2n) is 4.81. The number of halogens is 1. The Labute approximate surface area is 133 Å². The van der Waals surface area contributed by atoms with Crippen LogP contribution in [0.3, 0.4) is 0 Å². The Balaban J connectivity index is 2.18. The lowest BCUT2D eigenvalue weighted by molar-refractivity contribution is 0.264. The van der Waals surface area contributed by atoms with Crippen molar-refractivity contribution in [2.24, 2.45) is 0 Å². The molecule has 1 atom stereocenters. The molecule has 2 aromatic carbocycles. The van der Waals surface area contributed by atoms with Crippen molar-refractivity contribution < 1.29 is 14.6 Å². The predicted molar refractivity (Wildman–Crippen MR) is 87.2 cm³/mol. The van der Waals surface area contributed by atoms with E-state index in [1.807, 2.05) is 42.5 Å². The van der Waals surface area contributed by atoms with Gasteiger partial charge in [0, 0.05) is 10.4 Å². The fraction of sp³-hybridized carbons (Fsp3) is 0.294. The smallest absolute Gasteiger partial charge is 0.120 e. The van der Waals surface area contributed by atoms with E-state index in [-0.39, 0.29) is 12.5 Å². The zero-order valence-electron chi connectivity index (χ0n) is 12.2. The monoisotopic (exact) mass is 350 g/mol. The van der Waals surface area contributed by atoms with Gasteiger partial charge in [0.1, 0.15) is 11.5 Å².